The first kappa shape index (κ1) is 19.8. The molecule has 0 bridgehead atoms. The van der Waals surface area contributed by atoms with Crippen molar-refractivity contribution >= 4 is 37.8 Å². The van der Waals surface area contributed by atoms with Gasteiger partial charge in [0.05, 0.1) is 14.9 Å². The monoisotopic (exact) mass is 470 g/mol. The molecular weight excluding hydrogens is 452 g/mol. The van der Waals surface area contributed by atoms with Crippen molar-refractivity contribution < 1.29 is 19.7 Å². The summed E-state index contributed by atoms with van der Waals surface area (Å²) in [7, 11) is 0. The first-order chi connectivity index (χ1) is 11.6. The molecule has 2 aromatic rings. The van der Waals surface area contributed by atoms with Gasteiger partial charge in [-0.2, -0.15) is 0 Å². The number of rotatable bonds is 5. The van der Waals surface area contributed by atoms with E-state index in [0.717, 1.165) is 11.1 Å². The van der Waals surface area contributed by atoms with Gasteiger partial charge in [-0.15, -0.1) is 0 Å². The summed E-state index contributed by atoms with van der Waals surface area (Å²) in [5.41, 5.74) is 2.23. The number of phenols is 1. The van der Waals surface area contributed by atoms with E-state index in [9.17, 15) is 15.0 Å². The van der Waals surface area contributed by atoms with Gasteiger partial charge >= 0.3 is 5.97 Å². The minimum absolute atomic E-state index is 0.160. The third kappa shape index (κ3) is 4.36. The zero-order chi connectivity index (χ0) is 18.9. The molecule has 2 rings (SSSR count). The fourth-order valence-corrected chi connectivity index (χ4v) is 3.84. The van der Waals surface area contributed by atoms with Crippen LogP contribution in [0.4, 0.5) is 0 Å². The van der Waals surface area contributed by atoms with E-state index in [-0.39, 0.29) is 11.7 Å². The minimum Gasteiger partial charge on any atom is -0.507 e. The Morgan fingerprint density at radius 3 is 2.12 bits per heavy atom. The molecule has 0 saturated heterocycles. The van der Waals surface area contributed by atoms with Gasteiger partial charge in [0, 0.05) is 5.56 Å². The summed E-state index contributed by atoms with van der Waals surface area (Å²) in [5, 5.41) is 19.4. The number of ether oxygens (including phenoxy) is 1. The zero-order valence-electron chi connectivity index (χ0n) is 14.4. The number of carbonyl (C=O) groups is 1. The first-order valence-electron chi connectivity index (χ1n) is 7.85. The Hall–Kier alpha value is -1.53. The number of benzene rings is 2. The van der Waals surface area contributed by atoms with E-state index in [0.29, 0.717) is 26.0 Å². The van der Waals surface area contributed by atoms with E-state index in [2.05, 4.69) is 31.9 Å². The molecule has 0 aromatic heterocycles. The summed E-state index contributed by atoms with van der Waals surface area (Å²) in [6.07, 6.45) is 0. The van der Waals surface area contributed by atoms with Gasteiger partial charge in [-0.25, -0.2) is 0 Å². The predicted molar refractivity (Wildman–Crippen MR) is 105 cm³/mol. The average Bonchev–Trinajstić information content (AvgIpc) is 2.52. The molecular formula is C19H20Br2O4. The van der Waals surface area contributed by atoms with Gasteiger partial charge in [0.25, 0.3) is 0 Å². The van der Waals surface area contributed by atoms with Crippen LogP contribution < -0.4 is 4.74 Å². The topological polar surface area (TPSA) is 66.8 Å². The highest BCUT2D eigenvalue weighted by molar-refractivity contribution is 9.11. The lowest BCUT2D eigenvalue weighted by atomic mass is 9.99. The molecule has 0 aliphatic rings. The number of halogens is 2. The van der Waals surface area contributed by atoms with E-state index in [1.54, 1.807) is 25.1 Å². The fourth-order valence-electron chi connectivity index (χ4n) is 2.46. The van der Waals surface area contributed by atoms with Crippen molar-refractivity contribution in [2.45, 2.75) is 39.5 Å². The van der Waals surface area contributed by atoms with Gasteiger partial charge in [0.1, 0.15) is 11.5 Å². The van der Waals surface area contributed by atoms with Crippen molar-refractivity contribution in [3.8, 4) is 17.2 Å². The third-order valence-electron chi connectivity index (χ3n) is 4.04. The number of hydrogen-bond acceptors (Lipinski definition) is 3. The van der Waals surface area contributed by atoms with Crippen LogP contribution >= 0.6 is 31.9 Å². The van der Waals surface area contributed by atoms with E-state index in [1.165, 1.54) is 0 Å². The van der Waals surface area contributed by atoms with Crippen molar-refractivity contribution in [2.24, 2.45) is 0 Å². The van der Waals surface area contributed by atoms with Crippen molar-refractivity contribution in [3.05, 3.63) is 49.9 Å². The van der Waals surface area contributed by atoms with E-state index in [4.69, 9.17) is 4.74 Å². The maximum atomic E-state index is 11.2. The highest BCUT2D eigenvalue weighted by Gasteiger charge is 2.19. The van der Waals surface area contributed by atoms with E-state index in [1.807, 2.05) is 26.8 Å². The van der Waals surface area contributed by atoms with Crippen LogP contribution in [0, 0.1) is 6.92 Å². The Bertz CT molecular complexity index is 792. The summed E-state index contributed by atoms with van der Waals surface area (Å²) < 4.78 is 7.32. The number of aryl methyl sites for hydroxylation is 1. The molecule has 0 spiro atoms. The molecule has 1 atom stereocenters. The van der Waals surface area contributed by atoms with Gasteiger partial charge in [0.15, 0.2) is 5.75 Å². The smallest absolute Gasteiger partial charge is 0.310 e. The largest absolute Gasteiger partial charge is 0.507 e. The lowest BCUT2D eigenvalue weighted by Crippen LogP contribution is -2.07. The number of carboxylic acid groups (broad SMARTS) is 1. The van der Waals surface area contributed by atoms with Gasteiger partial charge < -0.3 is 14.9 Å². The van der Waals surface area contributed by atoms with Crippen LogP contribution in [-0.2, 0) is 4.79 Å². The number of phenolic OH excluding ortho intramolecular Hbond substituents is 1. The van der Waals surface area contributed by atoms with Crippen LogP contribution in [-0.4, -0.2) is 16.2 Å². The molecule has 134 valence electrons. The molecule has 6 heteroatoms. The molecule has 1 unspecified atom stereocenters. The fraction of sp³-hybridized carbons (Fsp3) is 0.316. The quantitative estimate of drug-likeness (QED) is 0.534. The molecule has 2 N–H and O–H groups in total. The predicted octanol–water partition coefficient (Wildman–Crippen LogP) is 6.33. The van der Waals surface area contributed by atoms with Crippen LogP contribution in [0.15, 0.2) is 33.2 Å². The molecule has 0 saturated carbocycles. The minimum atomic E-state index is -0.886. The van der Waals surface area contributed by atoms with Crippen molar-refractivity contribution in [3.63, 3.8) is 0 Å². The van der Waals surface area contributed by atoms with Crippen molar-refractivity contribution in [1.29, 1.82) is 0 Å². The Balaban J connectivity index is 2.43. The summed E-state index contributed by atoms with van der Waals surface area (Å²) >= 11 is 6.91. The zero-order valence-corrected chi connectivity index (χ0v) is 17.6. The van der Waals surface area contributed by atoms with Crippen molar-refractivity contribution in [1.82, 2.24) is 0 Å². The second kappa shape index (κ2) is 7.79. The van der Waals surface area contributed by atoms with Gasteiger partial charge in [-0.1, -0.05) is 13.8 Å². The third-order valence-corrected chi connectivity index (χ3v) is 5.21. The Morgan fingerprint density at radius 2 is 1.64 bits per heavy atom. The standard InChI is InChI=1S/C19H20Br2O4/c1-9(2)14-8-13(5-10(3)17(14)22)25-18-15(20)6-12(7-16(18)21)11(4)19(23)24/h5-9,11,22H,1-4H3,(H,23,24). The molecule has 0 amide bonds. The maximum Gasteiger partial charge on any atom is 0.310 e. The lowest BCUT2D eigenvalue weighted by Gasteiger charge is -2.17. The Kier molecular flexibility index (Phi) is 6.16. The van der Waals surface area contributed by atoms with Gasteiger partial charge in [-0.3, -0.25) is 4.79 Å². The van der Waals surface area contributed by atoms with Crippen LogP contribution in [0.1, 0.15) is 49.3 Å². The highest BCUT2D eigenvalue weighted by Crippen LogP contribution is 2.41. The molecule has 0 fully saturated rings. The molecule has 4 nitrogen and oxygen atoms in total. The summed E-state index contributed by atoms with van der Waals surface area (Å²) in [6.45, 7) is 7.48. The second-order valence-corrected chi connectivity index (χ2v) is 8.02. The number of hydrogen-bond donors (Lipinski definition) is 2. The summed E-state index contributed by atoms with van der Waals surface area (Å²) in [4.78, 5) is 11.2. The number of carboxylic acids is 1. The number of aromatic hydroxyl groups is 1. The molecule has 2 aromatic carbocycles. The normalized spacial score (nSPS) is 12.3. The van der Waals surface area contributed by atoms with Crippen molar-refractivity contribution in [2.75, 3.05) is 0 Å². The van der Waals surface area contributed by atoms with Gasteiger partial charge in [0.2, 0.25) is 0 Å². The average molecular weight is 472 g/mol. The molecule has 0 heterocycles. The second-order valence-electron chi connectivity index (χ2n) is 6.31. The summed E-state index contributed by atoms with van der Waals surface area (Å²) in [6, 6.07) is 7.08. The molecule has 25 heavy (non-hydrogen) atoms. The molecule has 0 aliphatic heterocycles. The highest BCUT2D eigenvalue weighted by atomic mass is 79.9. The Morgan fingerprint density at radius 1 is 1.08 bits per heavy atom. The summed E-state index contributed by atoms with van der Waals surface area (Å²) in [5.74, 6) is 0.105. The van der Waals surface area contributed by atoms with Crippen LogP contribution in [0.25, 0.3) is 0 Å². The Labute approximate surface area is 164 Å². The molecule has 0 aliphatic carbocycles. The van der Waals surface area contributed by atoms with Gasteiger partial charge in [-0.05, 0) is 87.0 Å². The van der Waals surface area contributed by atoms with E-state index >= 15 is 0 Å². The van der Waals surface area contributed by atoms with Crippen LogP contribution in [0.3, 0.4) is 0 Å². The SMILES string of the molecule is Cc1cc(Oc2c(Br)cc(C(C)C(=O)O)cc2Br)cc(C(C)C)c1O. The number of aliphatic carboxylic acids is 1. The first-order valence-corrected chi connectivity index (χ1v) is 9.43. The van der Waals surface area contributed by atoms with E-state index < -0.39 is 11.9 Å². The lowest BCUT2D eigenvalue weighted by molar-refractivity contribution is -0.138. The van der Waals surface area contributed by atoms with Crippen LogP contribution in [0.5, 0.6) is 17.2 Å². The van der Waals surface area contributed by atoms with Crippen LogP contribution in [0.2, 0.25) is 0 Å². The maximum absolute atomic E-state index is 11.2. The molecule has 0 radical (unpaired) electrons.